The molecule has 6 nitrogen and oxygen atoms in total. The number of carbonyl (C=O) groups is 1. The van der Waals surface area contributed by atoms with E-state index in [4.69, 9.17) is 39.5 Å². The molecule has 1 aromatic carbocycles. The first-order valence-electron chi connectivity index (χ1n) is 6.79. The smallest absolute Gasteiger partial charge is 0.223 e. The number of hydrogen-bond acceptors (Lipinski definition) is 6. The van der Waals surface area contributed by atoms with Crippen LogP contribution in [0.25, 0.3) is 11.3 Å². The molecule has 0 spiro atoms. The highest BCUT2D eigenvalue weighted by atomic mass is 35.5. The van der Waals surface area contributed by atoms with Crippen molar-refractivity contribution in [3.63, 3.8) is 0 Å². The van der Waals surface area contributed by atoms with Gasteiger partial charge < -0.3 is 4.74 Å². The number of aldehydes is 1. The number of ether oxygens (including phenoxy) is 1. The molecule has 128 valence electrons. The van der Waals surface area contributed by atoms with E-state index in [0.717, 1.165) is 6.29 Å². The molecule has 0 amide bonds. The van der Waals surface area contributed by atoms with Crippen molar-refractivity contribution in [1.82, 2.24) is 19.9 Å². The summed E-state index contributed by atoms with van der Waals surface area (Å²) in [5, 5.41) is 0.698. The zero-order valence-electron chi connectivity index (χ0n) is 12.9. The summed E-state index contributed by atoms with van der Waals surface area (Å²) in [6, 6.07) is 8.36. The fourth-order valence-electron chi connectivity index (χ4n) is 1.80. The molecule has 3 rings (SSSR count). The Morgan fingerprint density at radius 1 is 0.960 bits per heavy atom. The lowest BCUT2D eigenvalue weighted by Crippen LogP contribution is -1.93. The van der Waals surface area contributed by atoms with E-state index < -0.39 is 0 Å². The van der Waals surface area contributed by atoms with Gasteiger partial charge in [0.2, 0.25) is 10.6 Å². The summed E-state index contributed by atoms with van der Waals surface area (Å²) in [7, 11) is 1.56. The van der Waals surface area contributed by atoms with Crippen LogP contribution in [0.3, 0.4) is 0 Å². The summed E-state index contributed by atoms with van der Waals surface area (Å²) in [6.07, 6.45) is 3.82. The summed E-state index contributed by atoms with van der Waals surface area (Å²) in [5.41, 5.74) is 1.88. The molecule has 0 radical (unpaired) electrons. The van der Waals surface area contributed by atoms with E-state index in [-0.39, 0.29) is 10.6 Å². The highest BCUT2D eigenvalue weighted by molar-refractivity contribution is 6.31. The van der Waals surface area contributed by atoms with E-state index in [0.29, 0.717) is 27.7 Å². The van der Waals surface area contributed by atoms with Crippen molar-refractivity contribution in [2.45, 2.75) is 0 Å². The van der Waals surface area contributed by atoms with Crippen LogP contribution in [-0.2, 0) is 0 Å². The maximum absolute atomic E-state index is 10.8. The van der Waals surface area contributed by atoms with Crippen LogP contribution in [0, 0.1) is 0 Å². The standard InChI is InChI=1S/C12H9ClN2O2.C4H2Cl2N2/c1-17-11-3-2-8(7-16)6-9(11)10-4-5-14-12(13)15-10;5-3-1-2-7-4(6)8-3/h2-7H,1H3;1-2H. The van der Waals surface area contributed by atoms with Crippen molar-refractivity contribution in [1.29, 1.82) is 0 Å². The monoisotopic (exact) mass is 396 g/mol. The number of nitrogens with zero attached hydrogens (tertiary/aromatic N) is 4. The molecule has 0 bridgehead atoms. The second-order valence-corrected chi connectivity index (χ2v) is 5.50. The fraction of sp³-hybridized carbons (Fsp3) is 0.0625. The Morgan fingerprint density at radius 3 is 2.16 bits per heavy atom. The third-order valence-corrected chi connectivity index (χ3v) is 3.43. The number of hydrogen-bond donors (Lipinski definition) is 0. The van der Waals surface area contributed by atoms with Gasteiger partial charge in [-0.25, -0.2) is 19.9 Å². The number of benzene rings is 1. The lowest BCUT2D eigenvalue weighted by Gasteiger charge is -2.08. The van der Waals surface area contributed by atoms with Gasteiger partial charge in [-0.1, -0.05) is 11.6 Å². The second kappa shape index (κ2) is 9.27. The Morgan fingerprint density at radius 2 is 1.64 bits per heavy atom. The normalized spacial score (nSPS) is 9.76. The lowest BCUT2D eigenvalue weighted by atomic mass is 10.1. The molecular formula is C16H11Cl3N4O2. The quantitative estimate of drug-likeness (QED) is 0.370. The Bertz CT molecular complexity index is 860. The first kappa shape index (κ1) is 19.1. The Kier molecular flexibility index (Phi) is 7.06. The summed E-state index contributed by atoms with van der Waals surface area (Å²) in [6.45, 7) is 0. The predicted octanol–water partition coefficient (Wildman–Crippen LogP) is 4.40. The van der Waals surface area contributed by atoms with Gasteiger partial charge in [-0.2, -0.15) is 0 Å². The highest BCUT2D eigenvalue weighted by Gasteiger charge is 2.09. The van der Waals surface area contributed by atoms with Gasteiger partial charge in [0, 0.05) is 23.5 Å². The SMILES string of the molecule is COc1ccc(C=O)cc1-c1ccnc(Cl)n1.Clc1ccnc(Cl)n1. The molecule has 2 aromatic heterocycles. The van der Waals surface area contributed by atoms with Crippen molar-refractivity contribution in [2.75, 3.05) is 7.11 Å². The van der Waals surface area contributed by atoms with E-state index in [1.165, 1.54) is 6.20 Å². The van der Waals surface area contributed by atoms with Crippen LogP contribution in [0.15, 0.2) is 42.7 Å². The van der Waals surface area contributed by atoms with E-state index in [2.05, 4.69) is 19.9 Å². The molecule has 0 aliphatic carbocycles. The maximum atomic E-state index is 10.8. The number of rotatable bonds is 3. The van der Waals surface area contributed by atoms with E-state index in [9.17, 15) is 4.79 Å². The van der Waals surface area contributed by atoms with Gasteiger partial charge in [0.25, 0.3) is 0 Å². The molecule has 0 unspecified atom stereocenters. The molecule has 0 N–H and O–H groups in total. The Labute approximate surface area is 158 Å². The maximum Gasteiger partial charge on any atom is 0.223 e. The van der Waals surface area contributed by atoms with Gasteiger partial charge in [0.15, 0.2) is 0 Å². The first-order valence-corrected chi connectivity index (χ1v) is 7.93. The van der Waals surface area contributed by atoms with Crippen LogP contribution in [0.2, 0.25) is 15.7 Å². The van der Waals surface area contributed by atoms with Crippen molar-refractivity contribution >= 4 is 41.1 Å². The zero-order valence-corrected chi connectivity index (χ0v) is 15.1. The second-order valence-electron chi connectivity index (χ2n) is 4.44. The fourth-order valence-corrected chi connectivity index (χ4v) is 2.27. The van der Waals surface area contributed by atoms with Crippen molar-refractivity contribution in [2.24, 2.45) is 0 Å². The Balaban J connectivity index is 0.000000236. The van der Waals surface area contributed by atoms with Crippen LogP contribution in [-0.4, -0.2) is 33.3 Å². The van der Waals surface area contributed by atoms with Gasteiger partial charge >= 0.3 is 0 Å². The minimum Gasteiger partial charge on any atom is -0.496 e. The summed E-state index contributed by atoms with van der Waals surface area (Å²) >= 11 is 16.5. The first-order chi connectivity index (χ1) is 12.0. The average molecular weight is 398 g/mol. The van der Waals surface area contributed by atoms with Crippen LogP contribution in [0.5, 0.6) is 5.75 Å². The molecule has 2 heterocycles. The van der Waals surface area contributed by atoms with Crippen molar-refractivity contribution < 1.29 is 9.53 Å². The lowest BCUT2D eigenvalue weighted by molar-refractivity contribution is 0.112. The van der Waals surface area contributed by atoms with Crippen LogP contribution < -0.4 is 4.74 Å². The van der Waals surface area contributed by atoms with Gasteiger partial charge in [0.05, 0.1) is 12.8 Å². The molecule has 0 aliphatic rings. The van der Waals surface area contributed by atoms with E-state index >= 15 is 0 Å². The largest absolute Gasteiger partial charge is 0.496 e. The van der Waals surface area contributed by atoms with E-state index in [1.54, 1.807) is 43.6 Å². The number of methoxy groups -OCH3 is 1. The Hall–Kier alpha value is -2.28. The van der Waals surface area contributed by atoms with Crippen molar-refractivity contribution in [3.8, 4) is 17.0 Å². The van der Waals surface area contributed by atoms with E-state index in [1.807, 2.05) is 0 Å². The molecule has 0 atom stereocenters. The number of carbonyl (C=O) groups excluding carboxylic acids is 1. The van der Waals surface area contributed by atoms with Crippen LogP contribution in [0.4, 0.5) is 0 Å². The van der Waals surface area contributed by atoms with Gasteiger partial charge in [0.1, 0.15) is 17.2 Å². The molecule has 0 saturated heterocycles. The summed E-state index contributed by atoms with van der Waals surface area (Å²) in [4.78, 5) is 25.9. The number of halogens is 3. The molecule has 25 heavy (non-hydrogen) atoms. The topological polar surface area (TPSA) is 77.9 Å². The molecule has 0 saturated carbocycles. The van der Waals surface area contributed by atoms with Gasteiger partial charge in [-0.05, 0) is 53.5 Å². The zero-order chi connectivity index (χ0) is 18.2. The van der Waals surface area contributed by atoms with Crippen LogP contribution in [0.1, 0.15) is 10.4 Å². The minimum absolute atomic E-state index is 0.154. The molecule has 0 aliphatic heterocycles. The molecule has 3 aromatic rings. The van der Waals surface area contributed by atoms with Gasteiger partial charge in [-0.15, -0.1) is 0 Å². The highest BCUT2D eigenvalue weighted by Crippen LogP contribution is 2.29. The molecular weight excluding hydrogens is 387 g/mol. The van der Waals surface area contributed by atoms with Gasteiger partial charge in [-0.3, -0.25) is 4.79 Å². The average Bonchev–Trinajstić information content (AvgIpc) is 2.61. The van der Waals surface area contributed by atoms with Crippen molar-refractivity contribution in [3.05, 3.63) is 64.0 Å². The predicted molar refractivity (Wildman–Crippen MR) is 96.5 cm³/mol. The summed E-state index contributed by atoms with van der Waals surface area (Å²) < 4.78 is 5.22. The molecule has 9 heteroatoms. The van der Waals surface area contributed by atoms with Crippen LogP contribution >= 0.6 is 34.8 Å². The third kappa shape index (κ3) is 5.63. The number of aromatic nitrogens is 4. The minimum atomic E-state index is 0.154. The summed E-state index contributed by atoms with van der Waals surface area (Å²) in [5.74, 6) is 0.630. The third-order valence-electron chi connectivity index (χ3n) is 2.85. The molecule has 0 fully saturated rings.